The number of amides is 2. The number of imide groups is 1. The molecule has 92 valence electrons. The van der Waals surface area contributed by atoms with Crippen LogP contribution < -0.4 is 4.90 Å². The van der Waals surface area contributed by atoms with Gasteiger partial charge in [-0.2, -0.15) is 0 Å². The van der Waals surface area contributed by atoms with Gasteiger partial charge in [-0.25, -0.2) is 14.1 Å². The van der Waals surface area contributed by atoms with E-state index in [1.165, 1.54) is 13.0 Å². The van der Waals surface area contributed by atoms with Crippen LogP contribution in [0.1, 0.15) is 17.3 Å². The van der Waals surface area contributed by atoms with Crippen LogP contribution in [0.3, 0.4) is 0 Å². The molecule has 1 aliphatic rings. The van der Waals surface area contributed by atoms with Gasteiger partial charge in [0.15, 0.2) is 0 Å². The van der Waals surface area contributed by atoms with Crippen molar-refractivity contribution in [3.8, 4) is 0 Å². The number of aromatic carboxylic acids is 1. The van der Waals surface area contributed by atoms with Gasteiger partial charge in [-0.15, -0.1) is 0 Å². The molecule has 1 heterocycles. The molecule has 2 amide bonds. The molecule has 1 aromatic carbocycles. The second kappa shape index (κ2) is 4.06. The van der Waals surface area contributed by atoms with E-state index >= 15 is 0 Å². The van der Waals surface area contributed by atoms with Crippen molar-refractivity contribution in [1.82, 2.24) is 0 Å². The van der Waals surface area contributed by atoms with Crippen molar-refractivity contribution in [2.45, 2.75) is 6.92 Å². The Morgan fingerprint density at radius 2 is 2.00 bits per heavy atom. The highest BCUT2D eigenvalue weighted by molar-refractivity contribution is 6.30. The summed E-state index contributed by atoms with van der Waals surface area (Å²) in [4.78, 5) is 34.8. The maximum Gasteiger partial charge on any atom is 0.338 e. The molecule has 6 heteroatoms. The van der Waals surface area contributed by atoms with Crippen LogP contribution >= 0.6 is 0 Å². The molecule has 0 fully saturated rings. The number of hydrogen-bond acceptors (Lipinski definition) is 3. The number of nitrogens with zero attached hydrogens (tertiary/aromatic N) is 1. The van der Waals surface area contributed by atoms with Gasteiger partial charge in [0.05, 0.1) is 11.3 Å². The molecule has 18 heavy (non-hydrogen) atoms. The monoisotopic (exact) mass is 249 g/mol. The first kappa shape index (κ1) is 12.0. The zero-order valence-electron chi connectivity index (χ0n) is 9.31. The van der Waals surface area contributed by atoms with Gasteiger partial charge in [0, 0.05) is 11.6 Å². The van der Waals surface area contributed by atoms with Crippen molar-refractivity contribution in [3.05, 3.63) is 41.2 Å². The standard InChI is InChI=1S/C12H8FNO4/c1-6-4-10(15)14(11(6)16)7-2-3-9(13)8(5-7)12(17)18/h2-5H,1H3,(H,17,18). The molecule has 0 saturated carbocycles. The van der Waals surface area contributed by atoms with E-state index < -0.39 is 29.2 Å². The lowest BCUT2D eigenvalue weighted by atomic mass is 10.1. The van der Waals surface area contributed by atoms with Gasteiger partial charge < -0.3 is 5.11 Å². The fraction of sp³-hybridized carbons (Fsp3) is 0.0833. The molecule has 0 aliphatic carbocycles. The Kier molecular flexibility index (Phi) is 2.70. The fourth-order valence-corrected chi connectivity index (χ4v) is 1.65. The highest BCUT2D eigenvalue weighted by Gasteiger charge is 2.30. The topological polar surface area (TPSA) is 74.7 Å². The van der Waals surface area contributed by atoms with Crippen LogP contribution in [-0.2, 0) is 9.59 Å². The quantitative estimate of drug-likeness (QED) is 0.802. The molecule has 5 nitrogen and oxygen atoms in total. The summed E-state index contributed by atoms with van der Waals surface area (Å²) in [7, 11) is 0. The van der Waals surface area contributed by atoms with E-state index in [1.54, 1.807) is 0 Å². The van der Waals surface area contributed by atoms with Gasteiger partial charge in [0.1, 0.15) is 5.82 Å². The normalized spacial score (nSPS) is 15.0. The second-order valence-corrected chi connectivity index (χ2v) is 3.78. The van der Waals surface area contributed by atoms with E-state index in [0.29, 0.717) is 0 Å². The van der Waals surface area contributed by atoms with E-state index in [1.807, 2.05) is 0 Å². The molecule has 2 rings (SSSR count). The Morgan fingerprint density at radius 3 is 2.50 bits per heavy atom. The first-order valence-electron chi connectivity index (χ1n) is 5.01. The summed E-state index contributed by atoms with van der Waals surface area (Å²) < 4.78 is 13.2. The summed E-state index contributed by atoms with van der Waals surface area (Å²) in [6.07, 6.45) is 1.14. The number of carbonyl (C=O) groups is 3. The van der Waals surface area contributed by atoms with Gasteiger partial charge in [0.25, 0.3) is 11.8 Å². The van der Waals surface area contributed by atoms with Crippen LogP contribution in [0.4, 0.5) is 10.1 Å². The molecule has 0 bridgehead atoms. The van der Waals surface area contributed by atoms with Crippen LogP contribution in [0.15, 0.2) is 29.8 Å². The largest absolute Gasteiger partial charge is 0.478 e. The van der Waals surface area contributed by atoms with Gasteiger partial charge in [0.2, 0.25) is 0 Å². The third-order valence-electron chi connectivity index (χ3n) is 2.54. The predicted molar refractivity (Wildman–Crippen MR) is 59.6 cm³/mol. The summed E-state index contributed by atoms with van der Waals surface area (Å²) >= 11 is 0. The Balaban J connectivity index is 2.48. The molecular weight excluding hydrogens is 241 g/mol. The molecule has 0 atom stereocenters. The van der Waals surface area contributed by atoms with E-state index in [0.717, 1.165) is 23.1 Å². The van der Waals surface area contributed by atoms with Gasteiger partial charge in [-0.3, -0.25) is 9.59 Å². The second-order valence-electron chi connectivity index (χ2n) is 3.78. The summed E-state index contributed by atoms with van der Waals surface area (Å²) in [5.74, 6) is -3.49. The molecule has 0 aromatic heterocycles. The van der Waals surface area contributed by atoms with Crippen molar-refractivity contribution in [2.24, 2.45) is 0 Å². The van der Waals surface area contributed by atoms with E-state index in [2.05, 4.69) is 0 Å². The van der Waals surface area contributed by atoms with E-state index in [9.17, 15) is 18.8 Å². The SMILES string of the molecule is CC1=CC(=O)N(c2ccc(F)c(C(=O)O)c2)C1=O. The molecule has 0 saturated heterocycles. The van der Waals surface area contributed by atoms with Gasteiger partial charge in [-0.05, 0) is 25.1 Å². The lowest BCUT2D eigenvalue weighted by Crippen LogP contribution is -2.30. The minimum atomic E-state index is -1.46. The maximum absolute atomic E-state index is 13.2. The first-order chi connectivity index (χ1) is 8.41. The van der Waals surface area contributed by atoms with Crippen LogP contribution in [-0.4, -0.2) is 22.9 Å². The van der Waals surface area contributed by atoms with Crippen LogP contribution in [0.25, 0.3) is 0 Å². The predicted octanol–water partition coefficient (Wildman–Crippen LogP) is 1.34. The van der Waals surface area contributed by atoms with E-state index in [-0.39, 0.29) is 11.3 Å². The number of carbonyl (C=O) groups excluding carboxylic acids is 2. The molecule has 1 aromatic rings. The zero-order chi connectivity index (χ0) is 13.4. The smallest absolute Gasteiger partial charge is 0.338 e. The van der Waals surface area contributed by atoms with Crippen molar-refractivity contribution < 1.29 is 23.9 Å². The van der Waals surface area contributed by atoms with Crippen molar-refractivity contribution in [1.29, 1.82) is 0 Å². The summed E-state index contributed by atoms with van der Waals surface area (Å²) in [5, 5.41) is 8.78. The minimum Gasteiger partial charge on any atom is -0.478 e. The molecule has 0 radical (unpaired) electrons. The fourth-order valence-electron chi connectivity index (χ4n) is 1.65. The number of carboxylic acid groups (broad SMARTS) is 1. The number of anilines is 1. The molecular formula is C12H8FNO4. The van der Waals surface area contributed by atoms with Gasteiger partial charge in [-0.1, -0.05) is 0 Å². The lowest BCUT2D eigenvalue weighted by molar-refractivity contribution is -0.120. The van der Waals surface area contributed by atoms with Crippen molar-refractivity contribution in [3.63, 3.8) is 0 Å². The summed E-state index contributed by atoms with van der Waals surface area (Å²) in [5.41, 5.74) is -0.296. The van der Waals surface area contributed by atoms with Crippen LogP contribution in [0, 0.1) is 5.82 Å². The molecule has 1 aliphatic heterocycles. The third kappa shape index (κ3) is 1.77. The summed E-state index contributed by atoms with van der Waals surface area (Å²) in [6.45, 7) is 1.47. The number of carboxylic acids is 1. The van der Waals surface area contributed by atoms with Crippen LogP contribution in [0.5, 0.6) is 0 Å². The Morgan fingerprint density at radius 1 is 1.33 bits per heavy atom. The van der Waals surface area contributed by atoms with E-state index in [4.69, 9.17) is 5.11 Å². The van der Waals surface area contributed by atoms with Crippen molar-refractivity contribution >= 4 is 23.5 Å². The number of hydrogen-bond donors (Lipinski definition) is 1. The van der Waals surface area contributed by atoms with Crippen LogP contribution in [0.2, 0.25) is 0 Å². The first-order valence-corrected chi connectivity index (χ1v) is 5.01. The zero-order valence-corrected chi connectivity index (χ0v) is 9.31. The Labute approximate surface area is 101 Å². The Bertz CT molecular complexity index is 606. The number of benzene rings is 1. The highest BCUT2D eigenvalue weighted by Crippen LogP contribution is 2.24. The maximum atomic E-state index is 13.2. The third-order valence-corrected chi connectivity index (χ3v) is 2.54. The number of halogens is 1. The molecule has 0 unspecified atom stereocenters. The molecule has 1 N–H and O–H groups in total. The molecule has 0 spiro atoms. The average Bonchev–Trinajstić information content (AvgIpc) is 2.54. The average molecular weight is 249 g/mol. The summed E-state index contributed by atoms with van der Waals surface area (Å²) in [6, 6.07) is 3.05. The Hall–Kier alpha value is -2.50. The van der Waals surface area contributed by atoms with Gasteiger partial charge >= 0.3 is 5.97 Å². The minimum absolute atomic E-state index is 0.0388. The highest BCUT2D eigenvalue weighted by atomic mass is 19.1. The van der Waals surface area contributed by atoms with Crippen molar-refractivity contribution in [2.75, 3.05) is 4.90 Å². The lowest BCUT2D eigenvalue weighted by Gasteiger charge is -2.15. The number of rotatable bonds is 2.